The van der Waals surface area contributed by atoms with Crippen LogP contribution in [0.2, 0.25) is 5.02 Å². The highest BCUT2D eigenvalue weighted by Crippen LogP contribution is 2.31. The van der Waals surface area contributed by atoms with Crippen molar-refractivity contribution < 1.29 is 4.79 Å². The van der Waals surface area contributed by atoms with E-state index in [1.165, 1.54) is 0 Å². The summed E-state index contributed by atoms with van der Waals surface area (Å²) in [7, 11) is 0. The topological polar surface area (TPSA) is 62.5 Å². The van der Waals surface area contributed by atoms with E-state index in [9.17, 15) is 4.79 Å². The van der Waals surface area contributed by atoms with Gasteiger partial charge in [-0.15, -0.1) is 11.8 Å². The summed E-state index contributed by atoms with van der Waals surface area (Å²) < 4.78 is 2.63. The Kier molecular flexibility index (Phi) is 6.44. The Morgan fingerprint density at radius 2 is 2.22 bits per heavy atom. The number of hydrogen-bond donors (Lipinski definition) is 1. The molecule has 0 aliphatic carbocycles. The summed E-state index contributed by atoms with van der Waals surface area (Å²) in [4.78, 5) is 19.6. The summed E-state index contributed by atoms with van der Waals surface area (Å²) in [6, 6.07) is 9.69. The van der Waals surface area contributed by atoms with E-state index in [1.807, 2.05) is 40.6 Å². The molecule has 2 aliphatic heterocycles. The molecule has 3 aromatic rings. The van der Waals surface area contributed by atoms with Crippen LogP contribution in [0.4, 0.5) is 5.82 Å². The van der Waals surface area contributed by atoms with Crippen molar-refractivity contribution in [2.24, 2.45) is 5.92 Å². The molecular formula is C23H23BrClN5OS. The van der Waals surface area contributed by atoms with Crippen LogP contribution in [-0.2, 0) is 4.79 Å². The van der Waals surface area contributed by atoms with Crippen molar-refractivity contribution in [3.05, 3.63) is 57.0 Å². The molecule has 5 rings (SSSR count). The largest absolute Gasteiger partial charge is 0.370 e. The molecule has 6 nitrogen and oxygen atoms in total. The molecule has 32 heavy (non-hydrogen) atoms. The van der Waals surface area contributed by atoms with Gasteiger partial charge in [-0.1, -0.05) is 29.8 Å². The van der Waals surface area contributed by atoms with Crippen molar-refractivity contribution in [3.63, 3.8) is 0 Å². The van der Waals surface area contributed by atoms with Gasteiger partial charge in [0.15, 0.2) is 5.65 Å². The Labute approximate surface area is 204 Å². The molecule has 9 heteroatoms. The highest BCUT2D eigenvalue weighted by molar-refractivity contribution is 9.10. The molecule has 0 saturated carbocycles. The quantitative estimate of drug-likeness (QED) is 0.471. The van der Waals surface area contributed by atoms with E-state index in [-0.39, 0.29) is 5.91 Å². The molecule has 2 aromatic heterocycles. The molecule has 0 spiro atoms. The minimum Gasteiger partial charge on any atom is -0.370 e. The molecule has 1 N–H and O–H groups in total. The number of halogens is 2. The van der Waals surface area contributed by atoms with Crippen LogP contribution in [-0.4, -0.2) is 50.8 Å². The Hall–Kier alpha value is -2.03. The van der Waals surface area contributed by atoms with E-state index >= 15 is 0 Å². The molecule has 2 aliphatic rings. The minimum atomic E-state index is 0.211. The lowest BCUT2D eigenvalue weighted by Gasteiger charge is -2.33. The van der Waals surface area contributed by atoms with Gasteiger partial charge in [0.05, 0.1) is 16.4 Å². The third-order valence-corrected chi connectivity index (χ3v) is 7.73. The number of aromatic nitrogens is 3. The van der Waals surface area contributed by atoms with Gasteiger partial charge in [-0.2, -0.15) is 9.61 Å². The van der Waals surface area contributed by atoms with Gasteiger partial charge < -0.3 is 10.2 Å². The SMILES string of the molecule is O=C(C1=CSCC1)N1CCCC(CNc2cc(-c3ccccc3Cl)nc3c(Br)cnn23)C1. The smallest absolute Gasteiger partial charge is 0.250 e. The van der Waals surface area contributed by atoms with Crippen LogP contribution in [0.3, 0.4) is 0 Å². The van der Waals surface area contributed by atoms with E-state index in [0.717, 1.165) is 77.4 Å². The van der Waals surface area contributed by atoms with Gasteiger partial charge >= 0.3 is 0 Å². The Morgan fingerprint density at radius 3 is 3.03 bits per heavy atom. The number of nitrogens with zero attached hydrogens (tertiary/aromatic N) is 4. The fourth-order valence-electron chi connectivity index (χ4n) is 4.28. The van der Waals surface area contributed by atoms with Crippen LogP contribution in [0.1, 0.15) is 19.3 Å². The second kappa shape index (κ2) is 9.45. The number of carbonyl (C=O) groups excluding carboxylic acids is 1. The Bertz CT molecular complexity index is 1200. The lowest BCUT2D eigenvalue weighted by Crippen LogP contribution is -2.42. The number of fused-ring (bicyclic) bond motifs is 1. The molecule has 1 atom stereocenters. The zero-order chi connectivity index (χ0) is 22.1. The van der Waals surface area contributed by atoms with Crippen molar-refractivity contribution in [1.29, 1.82) is 0 Å². The molecule has 166 valence electrons. The molecule has 4 heterocycles. The molecule has 1 unspecified atom stereocenters. The van der Waals surface area contributed by atoms with Gasteiger partial charge in [0, 0.05) is 47.6 Å². The lowest BCUT2D eigenvalue weighted by atomic mass is 9.97. The molecule has 1 fully saturated rings. The van der Waals surface area contributed by atoms with Gasteiger partial charge in [0.25, 0.3) is 0 Å². The van der Waals surface area contributed by atoms with Gasteiger partial charge in [-0.25, -0.2) is 4.98 Å². The number of piperidine rings is 1. The molecule has 1 saturated heterocycles. The minimum absolute atomic E-state index is 0.211. The predicted molar refractivity (Wildman–Crippen MR) is 134 cm³/mol. The zero-order valence-electron chi connectivity index (χ0n) is 17.4. The summed E-state index contributed by atoms with van der Waals surface area (Å²) in [5.74, 6) is 2.47. The van der Waals surface area contributed by atoms with Crippen LogP contribution in [0.25, 0.3) is 16.9 Å². The number of carbonyl (C=O) groups is 1. The Morgan fingerprint density at radius 1 is 1.34 bits per heavy atom. The summed E-state index contributed by atoms with van der Waals surface area (Å²) in [5, 5.41) is 10.7. The van der Waals surface area contributed by atoms with Crippen LogP contribution in [0.5, 0.6) is 0 Å². The highest BCUT2D eigenvalue weighted by Gasteiger charge is 2.27. The van der Waals surface area contributed by atoms with Gasteiger partial charge in [-0.05, 0) is 52.6 Å². The Balaban J connectivity index is 1.36. The lowest BCUT2D eigenvalue weighted by molar-refractivity contribution is -0.128. The number of thioether (sulfide) groups is 1. The van der Waals surface area contributed by atoms with E-state index < -0.39 is 0 Å². The van der Waals surface area contributed by atoms with E-state index in [2.05, 4.69) is 26.3 Å². The first kappa shape index (κ1) is 21.8. The van der Waals surface area contributed by atoms with Crippen molar-refractivity contribution in [1.82, 2.24) is 19.5 Å². The average molecular weight is 533 g/mol. The summed E-state index contributed by atoms with van der Waals surface area (Å²) in [6.07, 6.45) is 4.76. The maximum absolute atomic E-state index is 12.8. The molecule has 0 bridgehead atoms. The van der Waals surface area contributed by atoms with Crippen molar-refractivity contribution >= 4 is 56.7 Å². The number of anilines is 1. The normalized spacial score (nSPS) is 18.8. The summed E-state index contributed by atoms with van der Waals surface area (Å²) >= 11 is 11.7. The molecular weight excluding hydrogens is 510 g/mol. The third kappa shape index (κ3) is 4.40. The number of nitrogens with one attached hydrogen (secondary N) is 1. The second-order valence-corrected chi connectivity index (χ2v) is 10.4. The number of hydrogen-bond acceptors (Lipinski definition) is 5. The standard InChI is InChI=1S/C23H23BrClN5OS/c24-18-12-27-30-21(10-20(28-22(18)30)17-5-1-2-6-19(17)25)26-11-15-4-3-8-29(13-15)23(31)16-7-9-32-14-16/h1-2,5-6,10,12,14-15,26H,3-4,7-9,11,13H2. The summed E-state index contributed by atoms with van der Waals surface area (Å²) in [5.41, 5.74) is 3.36. The summed E-state index contributed by atoms with van der Waals surface area (Å²) in [6.45, 7) is 2.39. The highest BCUT2D eigenvalue weighted by atomic mass is 79.9. The fourth-order valence-corrected chi connectivity index (χ4v) is 5.74. The zero-order valence-corrected chi connectivity index (χ0v) is 20.6. The maximum atomic E-state index is 12.8. The number of benzene rings is 1. The molecule has 1 amide bonds. The van der Waals surface area contributed by atoms with E-state index in [1.54, 1.807) is 22.5 Å². The van der Waals surface area contributed by atoms with Crippen LogP contribution in [0, 0.1) is 5.92 Å². The van der Waals surface area contributed by atoms with E-state index in [0.29, 0.717) is 10.9 Å². The van der Waals surface area contributed by atoms with Crippen LogP contribution in [0.15, 0.2) is 52.0 Å². The number of amides is 1. The number of rotatable bonds is 5. The van der Waals surface area contributed by atoms with Gasteiger partial charge in [-0.3, -0.25) is 4.79 Å². The van der Waals surface area contributed by atoms with Crippen molar-refractivity contribution in [3.8, 4) is 11.3 Å². The maximum Gasteiger partial charge on any atom is 0.250 e. The molecule has 0 radical (unpaired) electrons. The predicted octanol–water partition coefficient (Wildman–Crippen LogP) is 5.48. The van der Waals surface area contributed by atoms with Crippen molar-refractivity contribution in [2.75, 3.05) is 30.7 Å². The molecule has 1 aromatic carbocycles. The van der Waals surface area contributed by atoms with Gasteiger partial charge in [0.2, 0.25) is 5.91 Å². The van der Waals surface area contributed by atoms with E-state index in [4.69, 9.17) is 16.6 Å². The average Bonchev–Trinajstić information content (AvgIpc) is 3.48. The number of likely N-dealkylation sites (tertiary alicyclic amines) is 1. The first-order chi connectivity index (χ1) is 15.6. The van der Waals surface area contributed by atoms with Gasteiger partial charge in [0.1, 0.15) is 5.82 Å². The van der Waals surface area contributed by atoms with Crippen LogP contribution >= 0.6 is 39.3 Å². The first-order valence-corrected chi connectivity index (χ1v) is 12.9. The van der Waals surface area contributed by atoms with Crippen LogP contribution < -0.4 is 5.32 Å². The fraction of sp³-hybridized carbons (Fsp3) is 0.348. The second-order valence-electron chi connectivity index (χ2n) is 8.14. The monoisotopic (exact) mass is 531 g/mol. The first-order valence-electron chi connectivity index (χ1n) is 10.7. The third-order valence-electron chi connectivity index (χ3n) is 5.95. The van der Waals surface area contributed by atoms with Crippen molar-refractivity contribution in [2.45, 2.75) is 19.3 Å².